The lowest BCUT2D eigenvalue weighted by molar-refractivity contribution is 0.280. The Morgan fingerprint density at radius 3 is 2.53 bits per heavy atom. The third kappa shape index (κ3) is 4.44. The van der Waals surface area contributed by atoms with Crippen LogP contribution in [-0.2, 0) is 14.8 Å². The zero-order valence-electron chi connectivity index (χ0n) is 10.4. The van der Waals surface area contributed by atoms with Gasteiger partial charge in [-0.05, 0) is 30.4 Å². The van der Waals surface area contributed by atoms with Gasteiger partial charge in [-0.1, -0.05) is 11.6 Å². The van der Waals surface area contributed by atoms with Gasteiger partial charge in [0.15, 0.2) is 11.5 Å². The maximum absolute atomic E-state index is 11.1. The Balaban J connectivity index is 2.22. The molecule has 4 nitrogen and oxygen atoms in total. The molecule has 1 aromatic carbocycles. The summed E-state index contributed by atoms with van der Waals surface area (Å²) in [6.45, 7) is 0.625. The summed E-state index contributed by atoms with van der Waals surface area (Å²) in [6, 6.07) is 3.12. The van der Waals surface area contributed by atoms with Gasteiger partial charge in [0.1, 0.15) is 0 Å². The minimum atomic E-state index is -3.66. The molecule has 0 heterocycles. The van der Waals surface area contributed by atoms with E-state index in [9.17, 15) is 8.42 Å². The van der Waals surface area contributed by atoms with E-state index in [2.05, 4.69) is 0 Å². The van der Waals surface area contributed by atoms with Crippen molar-refractivity contribution in [3.63, 3.8) is 0 Å². The third-order valence-corrected chi connectivity index (χ3v) is 4.17. The Kier molecular flexibility index (Phi) is 4.48. The Morgan fingerprint density at radius 1 is 1.32 bits per heavy atom. The van der Waals surface area contributed by atoms with E-state index in [1.807, 2.05) is 0 Å². The zero-order valence-corrected chi connectivity index (χ0v) is 12.7. The van der Waals surface area contributed by atoms with Crippen molar-refractivity contribution in [1.82, 2.24) is 0 Å². The SMILES string of the molecule is COc1cc(CS(=O)(=O)Cl)c(Cl)cc1OCC1CC1. The lowest BCUT2D eigenvalue weighted by Gasteiger charge is -2.13. The van der Waals surface area contributed by atoms with Gasteiger partial charge in [0.2, 0.25) is 9.05 Å². The van der Waals surface area contributed by atoms with Gasteiger partial charge < -0.3 is 9.47 Å². The molecule has 0 amide bonds. The minimum Gasteiger partial charge on any atom is -0.493 e. The fourth-order valence-corrected chi connectivity index (χ4v) is 2.90. The van der Waals surface area contributed by atoms with Crippen LogP contribution in [0.5, 0.6) is 11.5 Å². The molecular weight excluding hydrogens is 311 g/mol. The number of rotatable bonds is 6. The fourth-order valence-electron chi connectivity index (χ4n) is 1.64. The highest BCUT2D eigenvalue weighted by molar-refractivity contribution is 8.13. The van der Waals surface area contributed by atoms with Crippen molar-refractivity contribution in [3.05, 3.63) is 22.7 Å². The average Bonchev–Trinajstić information content (AvgIpc) is 3.11. The van der Waals surface area contributed by atoms with E-state index in [4.69, 9.17) is 31.8 Å². The molecule has 0 unspecified atom stereocenters. The molecule has 1 aromatic rings. The molecule has 1 fully saturated rings. The molecule has 106 valence electrons. The van der Waals surface area contributed by atoms with E-state index in [0.29, 0.717) is 34.6 Å². The summed E-state index contributed by atoms with van der Waals surface area (Å²) in [5.41, 5.74) is 0.396. The maximum Gasteiger partial charge on any atom is 0.236 e. The molecule has 0 aromatic heterocycles. The molecule has 1 saturated carbocycles. The van der Waals surface area contributed by atoms with Gasteiger partial charge >= 0.3 is 0 Å². The van der Waals surface area contributed by atoms with Crippen molar-refractivity contribution in [2.45, 2.75) is 18.6 Å². The third-order valence-electron chi connectivity index (χ3n) is 2.83. The number of hydrogen-bond donors (Lipinski definition) is 0. The van der Waals surface area contributed by atoms with Crippen molar-refractivity contribution in [3.8, 4) is 11.5 Å². The van der Waals surface area contributed by atoms with E-state index in [-0.39, 0.29) is 5.75 Å². The number of hydrogen-bond acceptors (Lipinski definition) is 4. The first kappa shape index (κ1) is 14.8. The highest BCUT2D eigenvalue weighted by atomic mass is 35.7. The summed E-state index contributed by atoms with van der Waals surface area (Å²) in [6.07, 6.45) is 2.36. The predicted molar refractivity (Wildman–Crippen MR) is 74.7 cm³/mol. The van der Waals surface area contributed by atoms with Gasteiger partial charge in [-0.25, -0.2) is 8.42 Å². The topological polar surface area (TPSA) is 52.6 Å². The lowest BCUT2D eigenvalue weighted by atomic mass is 10.2. The molecule has 0 N–H and O–H groups in total. The monoisotopic (exact) mass is 324 g/mol. The summed E-state index contributed by atoms with van der Waals surface area (Å²) in [5.74, 6) is 1.24. The zero-order chi connectivity index (χ0) is 14.0. The largest absolute Gasteiger partial charge is 0.493 e. The van der Waals surface area contributed by atoms with Crippen LogP contribution in [0.1, 0.15) is 18.4 Å². The van der Waals surface area contributed by atoms with Crippen molar-refractivity contribution in [2.75, 3.05) is 13.7 Å². The van der Waals surface area contributed by atoms with Crippen molar-refractivity contribution in [1.29, 1.82) is 0 Å². The standard InChI is InChI=1S/C12H14Cl2O4S/c1-17-11-4-9(7-19(14,15)16)10(13)5-12(11)18-6-8-2-3-8/h4-5,8H,2-3,6-7H2,1H3. The van der Waals surface area contributed by atoms with E-state index in [1.165, 1.54) is 20.0 Å². The number of benzene rings is 1. The molecule has 0 radical (unpaired) electrons. The van der Waals surface area contributed by atoms with Crippen LogP contribution >= 0.6 is 22.3 Å². The van der Waals surface area contributed by atoms with Crippen LogP contribution in [0.2, 0.25) is 5.02 Å². The molecule has 0 saturated heterocycles. The molecule has 0 spiro atoms. The average molecular weight is 325 g/mol. The molecular formula is C12H14Cl2O4S. The molecule has 1 aliphatic carbocycles. The first-order valence-corrected chi connectivity index (χ1v) is 8.66. The van der Waals surface area contributed by atoms with Crippen molar-refractivity contribution < 1.29 is 17.9 Å². The summed E-state index contributed by atoms with van der Waals surface area (Å²) in [7, 11) is 3.06. The van der Waals surface area contributed by atoms with Crippen molar-refractivity contribution >= 4 is 31.3 Å². The Hall–Kier alpha value is -0.650. The van der Waals surface area contributed by atoms with E-state index in [1.54, 1.807) is 12.1 Å². The fraction of sp³-hybridized carbons (Fsp3) is 0.500. The molecule has 0 aliphatic heterocycles. The molecule has 0 bridgehead atoms. The van der Waals surface area contributed by atoms with Crippen molar-refractivity contribution in [2.24, 2.45) is 5.92 Å². The normalized spacial score (nSPS) is 15.3. The highest BCUT2D eigenvalue weighted by Crippen LogP contribution is 2.36. The van der Waals surface area contributed by atoms with Crippen LogP contribution in [0, 0.1) is 5.92 Å². The number of methoxy groups -OCH3 is 1. The minimum absolute atomic E-state index is 0.302. The maximum atomic E-state index is 11.1. The van der Waals surface area contributed by atoms with Crippen LogP contribution in [-0.4, -0.2) is 22.1 Å². The van der Waals surface area contributed by atoms with Gasteiger partial charge in [0, 0.05) is 21.8 Å². The Bertz CT molecular complexity index is 567. The summed E-state index contributed by atoms with van der Waals surface area (Å²) in [4.78, 5) is 0. The molecule has 7 heteroatoms. The first-order valence-electron chi connectivity index (χ1n) is 5.80. The van der Waals surface area contributed by atoms with Gasteiger partial charge in [-0.2, -0.15) is 0 Å². The highest BCUT2D eigenvalue weighted by Gasteiger charge is 2.23. The van der Waals surface area contributed by atoms with Crippen LogP contribution in [0.25, 0.3) is 0 Å². The Labute approximate surface area is 122 Å². The van der Waals surface area contributed by atoms with E-state index >= 15 is 0 Å². The lowest BCUT2D eigenvalue weighted by Crippen LogP contribution is -2.03. The van der Waals surface area contributed by atoms with Crippen LogP contribution in [0.4, 0.5) is 0 Å². The van der Waals surface area contributed by atoms with E-state index < -0.39 is 9.05 Å². The van der Waals surface area contributed by atoms with Gasteiger partial charge in [-0.15, -0.1) is 0 Å². The van der Waals surface area contributed by atoms with Gasteiger partial charge in [0.25, 0.3) is 0 Å². The quantitative estimate of drug-likeness (QED) is 0.754. The second kappa shape index (κ2) is 5.77. The van der Waals surface area contributed by atoms with E-state index in [0.717, 1.165) is 0 Å². The Morgan fingerprint density at radius 2 is 2.00 bits per heavy atom. The predicted octanol–water partition coefficient (Wildman–Crippen LogP) is 3.21. The second-order valence-corrected chi connectivity index (χ2v) is 7.72. The van der Waals surface area contributed by atoms with Gasteiger partial charge in [0.05, 0.1) is 19.5 Å². The van der Waals surface area contributed by atoms with Crippen LogP contribution in [0.3, 0.4) is 0 Å². The molecule has 2 rings (SSSR count). The molecule has 0 atom stereocenters. The summed E-state index contributed by atoms with van der Waals surface area (Å²) >= 11 is 6.04. The second-order valence-electron chi connectivity index (χ2n) is 4.53. The van der Waals surface area contributed by atoms with Crippen LogP contribution in [0.15, 0.2) is 12.1 Å². The van der Waals surface area contributed by atoms with Gasteiger partial charge in [-0.3, -0.25) is 0 Å². The smallest absolute Gasteiger partial charge is 0.236 e. The summed E-state index contributed by atoms with van der Waals surface area (Å²) < 4.78 is 33.0. The summed E-state index contributed by atoms with van der Waals surface area (Å²) in [5, 5.41) is 0.302. The van der Waals surface area contributed by atoms with Crippen LogP contribution < -0.4 is 9.47 Å². The molecule has 19 heavy (non-hydrogen) atoms. The number of halogens is 2. The molecule has 1 aliphatic rings. The first-order chi connectivity index (χ1) is 8.89. The number of ether oxygens (including phenoxy) is 2.